The molecule has 0 aliphatic carbocycles. The fraction of sp³-hybridized carbons (Fsp3) is 0.200. The van der Waals surface area contributed by atoms with Crippen LogP contribution in [0.1, 0.15) is 0 Å². The molecule has 4 amide bonds. The quantitative estimate of drug-likeness (QED) is 0.251. The topological polar surface area (TPSA) is 116 Å². The van der Waals surface area contributed by atoms with Gasteiger partial charge in [0.2, 0.25) is 23.6 Å². The molecule has 0 aliphatic heterocycles. The average Bonchev–Trinajstić information content (AvgIpc) is 2.58. The van der Waals surface area contributed by atoms with Crippen molar-refractivity contribution >= 4 is 23.6 Å². The molecule has 0 saturated carbocycles. The summed E-state index contributed by atoms with van der Waals surface area (Å²) >= 11 is 0. The zero-order valence-electron chi connectivity index (χ0n) is 12.9. The molecule has 0 aromatic heterocycles. The van der Waals surface area contributed by atoms with Crippen LogP contribution in [0.3, 0.4) is 0 Å². The van der Waals surface area contributed by atoms with Crippen molar-refractivity contribution in [3.8, 4) is 0 Å². The maximum atomic E-state index is 10.6. The third kappa shape index (κ3) is 16.8. The Bertz CT molecular complexity index is 430. The van der Waals surface area contributed by atoms with Gasteiger partial charge in [0.05, 0.1) is 6.67 Å². The lowest BCUT2D eigenvalue weighted by molar-refractivity contribution is -0.118. The van der Waals surface area contributed by atoms with Crippen molar-refractivity contribution in [2.45, 2.75) is 0 Å². The van der Waals surface area contributed by atoms with Gasteiger partial charge < -0.3 is 21.3 Å². The van der Waals surface area contributed by atoms with Crippen LogP contribution in [0.2, 0.25) is 0 Å². The second-order valence-corrected chi connectivity index (χ2v) is 3.66. The largest absolute Gasteiger partial charge is 0.351 e. The molecule has 0 fully saturated rings. The van der Waals surface area contributed by atoms with E-state index in [0.717, 1.165) is 12.2 Å². The maximum Gasteiger partial charge on any atom is 0.244 e. The second-order valence-electron chi connectivity index (χ2n) is 3.66. The zero-order chi connectivity index (χ0) is 18.1. The van der Waals surface area contributed by atoms with E-state index >= 15 is 0 Å². The molecule has 0 heterocycles. The first kappa shape index (κ1) is 22.1. The first-order valence-corrected chi connectivity index (χ1v) is 6.52. The Morgan fingerprint density at radius 3 is 1.09 bits per heavy atom. The van der Waals surface area contributed by atoms with E-state index in [1.807, 2.05) is 0 Å². The van der Waals surface area contributed by atoms with E-state index in [1.54, 1.807) is 0 Å². The van der Waals surface area contributed by atoms with E-state index in [4.69, 9.17) is 0 Å². The number of carbonyl (C=O) groups excluding carboxylic acids is 4. The van der Waals surface area contributed by atoms with Gasteiger partial charge in [0.1, 0.15) is 0 Å². The molecule has 126 valence electrons. The monoisotopic (exact) mass is 322 g/mol. The highest BCUT2D eigenvalue weighted by Crippen LogP contribution is 1.68. The van der Waals surface area contributed by atoms with E-state index in [1.165, 1.54) is 12.2 Å². The van der Waals surface area contributed by atoms with Crippen molar-refractivity contribution in [3.63, 3.8) is 0 Å². The molecule has 0 aromatic rings. The normalized spacial score (nSPS) is 8.17. The van der Waals surface area contributed by atoms with E-state index < -0.39 is 0 Å². The fourth-order valence-corrected chi connectivity index (χ4v) is 0.878. The van der Waals surface area contributed by atoms with Crippen molar-refractivity contribution in [3.05, 3.63) is 50.6 Å². The minimum atomic E-state index is -0.325. The van der Waals surface area contributed by atoms with Gasteiger partial charge in [-0.1, -0.05) is 26.3 Å². The van der Waals surface area contributed by atoms with Crippen LogP contribution in [0.5, 0.6) is 0 Å². The van der Waals surface area contributed by atoms with E-state index in [0.29, 0.717) is 13.1 Å². The average molecular weight is 322 g/mol. The predicted octanol–water partition coefficient (Wildman–Crippen LogP) is -0.861. The van der Waals surface area contributed by atoms with Crippen molar-refractivity contribution in [2.24, 2.45) is 0 Å². The van der Waals surface area contributed by atoms with Crippen LogP contribution >= 0.6 is 0 Å². The lowest BCUT2D eigenvalue weighted by Crippen LogP contribution is -2.35. The molecule has 23 heavy (non-hydrogen) atoms. The number of hydrogen-bond donors (Lipinski definition) is 4. The first-order valence-electron chi connectivity index (χ1n) is 6.52. The summed E-state index contributed by atoms with van der Waals surface area (Å²) in [7, 11) is 0. The molecule has 0 rings (SSSR count). The third-order valence-electron chi connectivity index (χ3n) is 1.99. The Labute approximate surface area is 135 Å². The Morgan fingerprint density at radius 1 is 0.565 bits per heavy atom. The number of rotatable bonds is 9. The predicted molar refractivity (Wildman–Crippen MR) is 88.0 cm³/mol. The summed E-state index contributed by atoms with van der Waals surface area (Å²) in [4.78, 5) is 42.1. The SMILES string of the molecule is C=CC(=O)NCCNC(=O)C=C.C=CC(=O)NCNC(=O)C=C. The summed E-state index contributed by atoms with van der Waals surface area (Å²) in [5, 5.41) is 9.73. The first-order chi connectivity index (χ1) is 10.9. The molecule has 0 saturated heterocycles. The molecule has 8 nitrogen and oxygen atoms in total. The Morgan fingerprint density at radius 2 is 0.826 bits per heavy atom. The summed E-state index contributed by atoms with van der Waals surface area (Å²) < 4.78 is 0. The van der Waals surface area contributed by atoms with Crippen LogP contribution in [-0.4, -0.2) is 43.4 Å². The van der Waals surface area contributed by atoms with Crippen LogP contribution in [0.15, 0.2) is 50.6 Å². The number of carbonyl (C=O) groups is 4. The van der Waals surface area contributed by atoms with E-state index in [9.17, 15) is 19.2 Å². The lowest BCUT2D eigenvalue weighted by atomic mass is 10.5. The third-order valence-corrected chi connectivity index (χ3v) is 1.99. The van der Waals surface area contributed by atoms with Gasteiger partial charge in [0.15, 0.2) is 0 Å². The van der Waals surface area contributed by atoms with Crippen LogP contribution in [0.25, 0.3) is 0 Å². The van der Waals surface area contributed by atoms with E-state index in [2.05, 4.69) is 47.6 Å². The summed E-state index contributed by atoms with van der Waals surface area (Å²) in [6, 6.07) is 0. The van der Waals surface area contributed by atoms with Crippen LogP contribution in [0.4, 0.5) is 0 Å². The minimum Gasteiger partial charge on any atom is -0.351 e. The molecule has 0 aliphatic rings. The number of hydrogen-bond acceptors (Lipinski definition) is 4. The minimum absolute atomic E-state index is 0.0930. The Hall–Kier alpha value is -3.16. The summed E-state index contributed by atoms with van der Waals surface area (Å²) in [5.41, 5.74) is 0. The molecule has 0 bridgehead atoms. The van der Waals surface area contributed by atoms with Gasteiger partial charge in [0.25, 0.3) is 0 Å². The number of nitrogens with one attached hydrogen (secondary N) is 4. The molecule has 8 heteroatoms. The highest BCUT2D eigenvalue weighted by molar-refractivity contribution is 5.89. The number of amides is 4. The smallest absolute Gasteiger partial charge is 0.244 e. The zero-order valence-corrected chi connectivity index (χ0v) is 12.9. The maximum absolute atomic E-state index is 10.6. The standard InChI is InChI=1S/C8H12N2O2.C7H10N2O2/c1-3-7(11)9-5-6-10-8(12)4-2;1-3-6(10)8-5-9-7(11)4-2/h3-4H,1-2,5-6H2,(H,9,11)(H,10,12);3-4H,1-2,5H2,(H,8,10)(H,9,11). The Kier molecular flexibility index (Phi) is 14.7. The van der Waals surface area contributed by atoms with Crippen LogP contribution in [-0.2, 0) is 19.2 Å². The molecular weight excluding hydrogens is 300 g/mol. The van der Waals surface area contributed by atoms with E-state index in [-0.39, 0.29) is 30.3 Å². The van der Waals surface area contributed by atoms with Gasteiger partial charge in [-0.15, -0.1) is 0 Å². The van der Waals surface area contributed by atoms with Gasteiger partial charge in [-0.05, 0) is 24.3 Å². The Balaban J connectivity index is 0. The highest BCUT2D eigenvalue weighted by Gasteiger charge is 1.94. The molecular formula is C15H22N4O4. The van der Waals surface area contributed by atoms with Crippen molar-refractivity contribution in [2.75, 3.05) is 19.8 Å². The molecule has 4 N–H and O–H groups in total. The van der Waals surface area contributed by atoms with Crippen molar-refractivity contribution in [1.82, 2.24) is 21.3 Å². The molecule has 0 aromatic carbocycles. The van der Waals surface area contributed by atoms with Gasteiger partial charge in [-0.25, -0.2) is 0 Å². The second kappa shape index (κ2) is 15.2. The summed E-state index contributed by atoms with van der Waals surface area (Å²) in [5.74, 6) is -1.14. The van der Waals surface area contributed by atoms with Crippen molar-refractivity contribution in [1.29, 1.82) is 0 Å². The summed E-state index contributed by atoms with van der Waals surface area (Å²) in [6.07, 6.45) is 4.60. The molecule has 0 spiro atoms. The molecule has 0 unspecified atom stereocenters. The van der Waals surface area contributed by atoms with Gasteiger partial charge in [0, 0.05) is 13.1 Å². The van der Waals surface area contributed by atoms with Gasteiger partial charge in [-0.2, -0.15) is 0 Å². The fourth-order valence-electron chi connectivity index (χ4n) is 0.878. The molecule has 0 atom stereocenters. The highest BCUT2D eigenvalue weighted by atomic mass is 16.2. The van der Waals surface area contributed by atoms with Crippen molar-refractivity contribution < 1.29 is 19.2 Å². The molecule has 0 radical (unpaired) electrons. The van der Waals surface area contributed by atoms with Crippen LogP contribution < -0.4 is 21.3 Å². The van der Waals surface area contributed by atoms with Gasteiger partial charge in [-0.3, -0.25) is 19.2 Å². The van der Waals surface area contributed by atoms with Crippen LogP contribution in [0, 0.1) is 0 Å². The summed E-state index contributed by atoms with van der Waals surface area (Å²) in [6.45, 7) is 13.9. The lowest BCUT2D eigenvalue weighted by Gasteiger charge is -2.01. The van der Waals surface area contributed by atoms with Gasteiger partial charge >= 0.3 is 0 Å².